The van der Waals surface area contributed by atoms with Crippen molar-refractivity contribution < 1.29 is 9.66 Å². The van der Waals surface area contributed by atoms with Gasteiger partial charge in [-0.15, -0.1) is 0 Å². The van der Waals surface area contributed by atoms with Crippen LogP contribution in [0.25, 0.3) is 0 Å². The molecule has 2 rings (SSSR count). The molecule has 7 heteroatoms. The van der Waals surface area contributed by atoms with Gasteiger partial charge in [-0.1, -0.05) is 0 Å². The first-order valence-corrected chi connectivity index (χ1v) is 6.68. The summed E-state index contributed by atoms with van der Waals surface area (Å²) in [6, 6.07) is 4.69. The monoisotopic (exact) mass is 290 g/mol. The minimum atomic E-state index is -0.447. The van der Waals surface area contributed by atoms with E-state index in [9.17, 15) is 10.1 Å². The Labute approximate surface area is 122 Å². The molecule has 0 aliphatic carbocycles. The number of benzene rings is 1. The third kappa shape index (κ3) is 3.71. The standard InChI is InChI=1S/C14H18N4O3/c1-9(2)21-13-8-11(4-5-12(13)18(19)20)17-10(3)14-15-6-7-16-14/h4-10,17H,1-3H3,(H,15,16). The van der Waals surface area contributed by atoms with Crippen molar-refractivity contribution in [3.63, 3.8) is 0 Å². The van der Waals surface area contributed by atoms with Crippen LogP contribution < -0.4 is 10.1 Å². The Morgan fingerprint density at radius 2 is 2.14 bits per heavy atom. The number of aromatic nitrogens is 2. The van der Waals surface area contributed by atoms with Crippen molar-refractivity contribution in [2.45, 2.75) is 32.9 Å². The molecule has 0 aliphatic rings. The molecule has 0 saturated carbocycles. The number of nitrogens with one attached hydrogen (secondary N) is 2. The molecule has 2 N–H and O–H groups in total. The number of hydrogen-bond donors (Lipinski definition) is 2. The zero-order chi connectivity index (χ0) is 15.4. The molecule has 2 aromatic rings. The molecule has 1 aromatic heterocycles. The first-order valence-electron chi connectivity index (χ1n) is 6.68. The fourth-order valence-electron chi connectivity index (χ4n) is 1.94. The minimum Gasteiger partial charge on any atom is -0.484 e. The zero-order valence-corrected chi connectivity index (χ0v) is 12.2. The van der Waals surface area contributed by atoms with Crippen molar-refractivity contribution in [1.82, 2.24) is 9.97 Å². The highest BCUT2D eigenvalue weighted by atomic mass is 16.6. The predicted molar refractivity (Wildman–Crippen MR) is 79.5 cm³/mol. The van der Waals surface area contributed by atoms with Crippen LogP contribution in [0.4, 0.5) is 11.4 Å². The number of nitro benzene ring substituents is 1. The zero-order valence-electron chi connectivity index (χ0n) is 12.2. The molecule has 1 unspecified atom stereocenters. The van der Waals surface area contributed by atoms with E-state index in [4.69, 9.17) is 4.74 Å². The quantitative estimate of drug-likeness (QED) is 0.629. The van der Waals surface area contributed by atoms with Crippen LogP contribution in [0.3, 0.4) is 0 Å². The average molecular weight is 290 g/mol. The van der Waals surface area contributed by atoms with Crippen molar-refractivity contribution in [2.75, 3.05) is 5.32 Å². The number of rotatable bonds is 6. The molecule has 0 amide bonds. The highest BCUT2D eigenvalue weighted by Gasteiger charge is 2.17. The lowest BCUT2D eigenvalue weighted by Gasteiger charge is -2.15. The second-order valence-electron chi connectivity index (χ2n) is 4.95. The summed E-state index contributed by atoms with van der Waals surface area (Å²) in [6.45, 7) is 5.60. The van der Waals surface area contributed by atoms with Crippen LogP contribution in [0.1, 0.15) is 32.6 Å². The fourth-order valence-corrected chi connectivity index (χ4v) is 1.94. The van der Waals surface area contributed by atoms with Gasteiger partial charge >= 0.3 is 5.69 Å². The van der Waals surface area contributed by atoms with Gasteiger partial charge in [0.2, 0.25) is 0 Å². The van der Waals surface area contributed by atoms with E-state index in [2.05, 4.69) is 15.3 Å². The maximum atomic E-state index is 11.0. The normalized spacial score (nSPS) is 12.2. The van der Waals surface area contributed by atoms with E-state index in [-0.39, 0.29) is 23.6 Å². The number of ether oxygens (including phenoxy) is 1. The van der Waals surface area contributed by atoms with E-state index < -0.39 is 4.92 Å². The molecule has 1 heterocycles. The van der Waals surface area contributed by atoms with Crippen LogP contribution >= 0.6 is 0 Å². The van der Waals surface area contributed by atoms with E-state index in [1.165, 1.54) is 6.07 Å². The molecule has 112 valence electrons. The first kappa shape index (κ1) is 14.8. The van der Waals surface area contributed by atoms with Gasteiger partial charge < -0.3 is 15.0 Å². The molecule has 1 atom stereocenters. The van der Waals surface area contributed by atoms with E-state index in [1.807, 2.05) is 20.8 Å². The van der Waals surface area contributed by atoms with E-state index in [0.717, 1.165) is 11.5 Å². The summed E-state index contributed by atoms with van der Waals surface area (Å²) in [7, 11) is 0. The van der Waals surface area contributed by atoms with E-state index in [0.29, 0.717) is 0 Å². The van der Waals surface area contributed by atoms with Gasteiger partial charge in [0.25, 0.3) is 0 Å². The number of nitrogens with zero attached hydrogens (tertiary/aromatic N) is 2. The Morgan fingerprint density at radius 3 is 2.71 bits per heavy atom. The Balaban J connectivity index is 2.22. The average Bonchev–Trinajstić information content (AvgIpc) is 2.91. The Bertz CT molecular complexity index is 611. The number of H-pyrrole nitrogens is 1. The van der Waals surface area contributed by atoms with Crippen molar-refractivity contribution in [1.29, 1.82) is 0 Å². The van der Waals surface area contributed by atoms with Crippen molar-refractivity contribution >= 4 is 11.4 Å². The molecular weight excluding hydrogens is 272 g/mol. The van der Waals surface area contributed by atoms with Crippen molar-refractivity contribution in [2.24, 2.45) is 0 Å². The van der Waals surface area contributed by atoms with Crippen molar-refractivity contribution in [3.05, 3.63) is 46.5 Å². The number of nitro groups is 1. The topological polar surface area (TPSA) is 93.1 Å². The third-order valence-electron chi connectivity index (χ3n) is 2.83. The maximum absolute atomic E-state index is 11.0. The fraction of sp³-hybridized carbons (Fsp3) is 0.357. The van der Waals surface area contributed by atoms with Gasteiger partial charge in [-0.05, 0) is 26.8 Å². The predicted octanol–water partition coefficient (Wildman–Crippen LogP) is 3.28. The Hall–Kier alpha value is -2.57. The maximum Gasteiger partial charge on any atom is 0.311 e. The van der Waals surface area contributed by atoms with Gasteiger partial charge in [-0.25, -0.2) is 4.98 Å². The van der Waals surface area contributed by atoms with E-state index >= 15 is 0 Å². The van der Waals surface area contributed by atoms with Gasteiger partial charge in [0.1, 0.15) is 5.82 Å². The number of aromatic amines is 1. The van der Waals surface area contributed by atoms with Crippen molar-refractivity contribution in [3.8, 4) is 5.75 Å². The Kier molecular flexibility index (Phi) is 4.42. The smallest absolute Gasteiger partial charge is 0.311 e. The number of imidazole rings is 1. The van der Waals surface area contributed by atoms with Crippen LogP contribution in [0.2, 0.25) is 0 Å². The van der Waals surface area contributed by atoms with Gasteiger partial charge in [0, 0.05) is 30.2 Å². The molecule has 0 fully saturated rings. The SMILES string of the molecule is CC(C)Oc1cc(NC(C)c2ncc[nH]2)ccc1[N+](=O)[O-]. The summed E-state index contributed by atoms with van der Waals surface area (Å²) in [4.78, 5) is 17.8. The molecule has 0 bridgehead atoms. The summed E-state index contributed by atoms with van der Waals surface area (Å²) in [5, 5.41) is 14.2. The molecule has 7 nitrogen and oxygen atoms in total. The molecule has 0 saturated heterocycles. The van der Waals surface area contributed by atoms with Gasteiger partial charge in [0.05, 0.1) is 17.1 Å². The van der Waals surface area contributed by atoms with E-state index in [1.54, 1.807) is 24.5 Å². The first-order chi connectivity index (χ1) is 9.97. The van der Waals surface area contributed by atoms with Crippen LogP contribution in [0.15, 0.2) is 30.6 Å². The molecule has 21 heavy (non-hydrogen) atoms. The highest BCUT2D eigenvalue weighted by molar-refractivity contribution is 5.58. The third-order valence-corrected chi connectivity index (χ3v) is 2.83. The van der Waals surface area contributed by atoms with Gasteiger partial charge in [-0.2, -0.15) is 0 Å². The second kappa shape index (κ2) is 6.25. The molecule has 0 radical (unpaired) electrons. The molecular formula is C14H18N4O3. The molecule has 0 aliphatic heterocycles. The minimum absolute atomic E-state index is 0.0418. The lowest BCUT2D eigenvalue weighted by atomic mass is 10.2. The molecule has 0 spiro atoms. The number of hydrogen-bond acceptors (Lipinski definition) is 5. The van der Waals surface area contributed by atoms with Crippen LogP contribution in [-0.2, 0) is 0 Å². The summed E-state index contributed by atoms with van der Waals surface area (Å²) in [5.74, 6) is 1.05. The Morgan fingerprint density at radius 1 is 1.38 bits per heavy atom. The lowest BCUT2D eigenvalue weighted by Crippen LogP contribution is -2.10. The summed E-state index contributed by atoms with van der Waals surface area (Å²) < 4.78 is 5.51. The van der Waals surface area contributed by atoms with Gasteiger partial charge in [-0.3, -0.25) is 10.1 Å². The summed E-state index contributed by atoms with van der Waals surface area (Å²) >= 11 is 0. The summed E-state index contributed by atoms with van der Waals surface area (Å²) in [6.07, 6.45) is 3.29. The van der Waals surface area contributed by atoms with Gasteiger partial charge in [0.15, 0.2) is 5.75 Å². The second-order valence-corrected chi connectivity index (χ2v) is 4.95. The highest BCUT2D eigenvalue weighted by Crippen LogP contribution is 2.32. The van der Waals surface area contributed by atoms with Crippen LogP contribution in [0.5, 0.6) is 5.75 Å². The lowest BCUT2D eigenvalue weighted by molar-refractivity contribution is -0.386. The van der Waals surface area contributed by atoms with Crippen LogP contribution in [-0.4, -0.2) is 21.0 Å². The molecule has 1 aromatic carbocycles. The largest absolute Gasteiger partial charge is 0.484 e. The van der Waals surface area contributed by atoms with Crippen LogP contribution in [0, 0.1) is 10.1 Å². The number of anilines is 1. The summed E-state index contributed by atoms with van der Waals surface area (Å²) in [5.41, 5.74) is 0.694.